The van der Waals surface area contributed by atoms with E-state index in [1.54, 1.807) is 0 Å². The van der Waals surface area contributed by atoms with Crippen molar-refractivity contribution in [2.24, 2.45) is 0 Å². The molecule has 120 valence electrons. The summed E-state index contributed by atoms with van der Waals surface area (Å²) in [6.45, 7) is 3.14. The van der Waals surface area contributed by atoms with Gasteiger partial charge in [0.1, 0.15) is 5.82 Å². The molecular weight excluding hydrogens is 294 g/mol. The maximum atomic E-state index is 5.63. The molecule has 0 atom stereocenters. The fourth-order valence-corrected chi connectivity index (χ4v) is 2.16. The minimum absolute atomic E-state index is 0.471. The standard InChI is InChI=1S/C16H19N5O2/c1-12-17-14(20-19-12)10-15-18-16(23-21-15)8-5-9-22-11-13-6-3-2-4-7-13/h2-4,6-7H,5,8-11H2,1H3,(H,17,19,20). The molecule has 0 saturated heterocycles. The van der Waals surface area contributed by atoms with Gasteiger partial charge in [-0.1, -0.05) is 35.5 Å². The number of aryl methyl sites for hydroxylation is 2. The molecular formula is C16H19N5O2. The van der Waals surface area contributed by atoms with Crippen molar-refractivity contribution >= 4 is 0 Å². The number of benzene rings is 1. The van der Waals surface area contributed by atoms with Crippen LogP contribution in [0.4, 0.5) is 0 Å². The Morgan fingerprint density at radius 3 is 2.78 bits per heavy atom. The maximum Gasteiger partial charge on any atom is 0.226 e. The molecule has 3 aromatic rings. The summed E-state index contributed by atoms with van der Waals surface area (Å²) in [5.41, 5.74) is 1.18. The van der Waals surface area contributed by atoms with Gasteiger partial charge in [0.2, 0.25) is 5.89 Å². The van der Waals surface area contributed by atoms with E-state index in [0.717, 1.165) is 12.2 Å². The Morgan fingerprint density at radius 2 is 2.00 bits per heavy atom. The molecule has 2 aromatic heterocycles. The van der Waals surface area contributed by atoms with Crippen LogP contribution in [0.15, 0.2) is 34.9 Å². The lowest BCUT2D eigenvalue weighted by molar-refractivity contribution is 0.117. The fourth-order valence-electron chi connectivity index (χ4n) is 2.16. The molecule has 0 aliphatic rings. The SMILES string of the molecule is Cc1nc(Cc2noc(CCCOCc3ccccc3)n2)n[nH]1. The molecule has 1 N–H and O–H groups in total. The van der Waals surface area contributed by atoms with E-state index >= 15 is 0 Å². The molecule has 0 aliphatic heterocycles. The molecule has 0 amide bonds. The Balaban J connectivity index is 1.37. The van der Waals surface area contributed by atoms with E-state index in [4.69, 9.17) is 9.26 Å². The summed E-state index contributed by atoms with van der Waals surface area (Å²) in [5.74, 6) is 2.67. The lowest BCUT2D eigenvalue weighted by Crippen LogP contribution is -1.98. The molecule has 0 unspecified atom stereocenters. The maximum absolute atomic E-state index is 5.63. The van der Waals surface area contributed by atoms with E-state index in [2.05, 4.69) is 37.5 Å². The molecule has 3 rings (SSSR count). The number of hydrogen-bond acceptors (Lipinski definition) is 6. The van der Waals surface area contributed by atoms with Gasteiger partial charge in [-0.15, -0.1) is 0 Å². The topological polar surface area (TPSA) is 89.7 Å². The summed E-state index contributed by atoms with van der Waals surface area (Å²) in [6, 6.07) is 10.1. The van der Waals surface area contributed by atoms with Crippen LogP contribution in [0.5, 0.6) is 0 Å². The van der Waals surface area contributed by atoms with Gasteiger partial charge in [0, 0.05) is 13.0 Å². The molecule has 0 saturated carbocycles. The third-order valence-corrected chi connectivity index (χ3v) is 3.26. The van der Waals surface area contributed by atoms with Crippen LogP contribution >= 0.6 is 0 Å². The Morgan fingerprint density at radius 1 is 1.13 bits per heavy atom. The number of hydrogen-bond donors (Lipinski definition) is 1. The monoisotopic (exact) mass is 313 g/mol. The van der Waals surface area contributed by atoms with Crippen LogP contribution in [-0.4, -0.2) is 31.9 Å². The molecule has 7 nitrogen and oxygen atoms in total. The highest BCUT2D eigenvalue weighted by molar-refractivity contribution is 5.13. The lowest BCUT2D eigenvalue weighted by atomic mass is 10.2. The second-order valence-electron chi connectivity index (χ2n) is 5.26. The Kier molecular flexibility index (Phi) is 5.10. The van der Waals surface area contributed by atoms with Crippen LogP contribution in [0, 0.1) is 6.92 Å². The first-order valence-corrected chi connectivity index (χ1v) is 7.60. The number of rotatable bonds is 8. The molecule has 7 heteroatoms. The van der Waals surface area contributed by atoms with Crippen molar-refractivity contribution in [3.8, 4) is 0 Å². The first-order valence-electron chi connectivity index (χ1n) is 7.60. The van der Waals surface area contributed by atoms with Crippen molar-refractivity contribution in [1.29, 1.82) is 0 Å². The summed E-state index contributed by atoms with van der Waals surface area (Å²) >= 11 is 0. The molecule has 0 fully saturated rings. The van der Waals surface area contributed by atoms with Gasteiger partial charge in [-0.3, -0.25) is 5.10 Å². The van der Waals surface area contributed by atoms with Gasteiger partial charge < -0.3 is 9.26 Å². The van der Waals surface area contributed by atoms with Crippen molar-refractivity contribution in [3.05, 3.63) is 59.3 Å². The first kappa shape index (κ1) is 15.4. The minimum atomic E-state index is 0.471. The van der Waals surface area contributed by atoms with Crippen molar-refractivity contribution in [1.82, 2.24) is 25.3 Å². The molecule has 1 aromatic carbocycles. The third-order valence-electron chi connectivity index (χ3n) is 3.26. The van der Waals surface area contributed by atoms with E-state index in [1.807, 2.05) is 25.1 Å². The average Bonchev–Trinajstić information content (AvgIpc) is 3.17. The number of H-pyrrole nitrogens is 1. The fraction of sp³-hybridized carbons (Fsp3) is 0.375. The van der Waals surface area contributed by atoms with Crippen molar-refractivity contribution in [2.75, 3.05) is 6.61 Å². The van der Waals surface area contributed by atoms with Crippen molar-refractivity contribution < 1.29 is 9.26 Å². The largest absolute Gasteiger partial charge is 0.377 e. The van der Waals surface area contributed by atoms with E-state index in [0.29, 0.717) is 43.6 Å². The zero-order chi connectivity index (χ0) is 15.9. The van der Waals surface area contributed by atoms with Crippen molar-refractivity contribution in [2.45, 2.75) is 32.8 Å². The third kappa shape index (κ3) is 4.72. The van der Waals surface area contributed by atoms with Gasteiger partial charge in [0.25, 0.3) is 0 Å². The normalized spacial score (nSPS) is 11.0. The Bertz CT molecular complexity index is 723. The van der Waals surface area contributed by atoms with E-state index in [1.165, 1.54) is 5.56 Å². The predicted octanol–water partition coefficient (Wildman–Crippen LogP) is 2.24. The smallest absolute Gasteiger partial charge is 0.226 e. The van der Waals surface area contributed by atoms with E-state index < -0.39 is 0 Å². The summed E-state index contributed by atoms with van der Waals surface area (Å²) in [6.07, 6.45) is 2.02. The van der Waals surface area contributed by atoms with Gasteiger partial charge in [0.15, 0.2) is 11.6 Å². The van der Waals surface area contributed by atoms with Crippen LogP contribution in [-0.2, 0) is 24.2 Å². The number of nitrogens with one attached hydrogen (secondary N) is 1. The van der Waals surface area contributed by atoms with E-state index in [-0.39, 0.29) is 0 Å². The van der Waals surface area contributed by atoms with Crippen LogP contribution in [0.25, 0.3) is 0 Å². The van der Waals surface area contributed by atoms with Crippen LogP contribution in [0.3, 0.4) is 0 Å². The molecule has 0 spiro atoms. The summed E-state index contributed by atoms with van der Waals surface area (Å²) < 4.78 is 10.9. The number of ether oxygens (including phenoxy) is 1. The summed E-state index contributed by atoms with van der Waals surface area (Å²) in [4.78, 5) is 8.57. The summed E-state index contributed by atoms with van der Waals surface area (Å²) in [7, 11) is 0. The second-order valence-corrected chi connectivity index (χ2v) is 5.26. The quantitative estimate of drug-likeness (QED) is 0.641. The lowest BCUT2D eigenvalue weighted by Gasteiger charge is -2.02. The van der Waals surface area contributed by atoms with Gasteiger partial charge in [-0.05, 0) is 18.9 Å². The van der Waals surface area contributed by atoms with Gasteiger partial charge in [-0.2, -0.15) is 10.1 Å². The highest BCUT2D eigenvalue weighted by Crippen LogP contribution is 2.06. The zero-order valence-electron chi connectivity index (χ0n) is 13.0. The zero-order valence-corrected chi connectivity index (χ0v) is 13.0. The molecule has 2 heterocycles. The number of nitrogens with zero attached hydrogens (tertiary/aromatic N) is 4. The first-order chi connectivity index (χ1) is 11.3. The average molecular weight is 313 g/mol. The van der Waals surface area contributed by atoms with Crippen LogP contribution in [0.1, 0.15) is 35.3 Å². The number of aromatic amines is 1. The van der Waals surface area contributed by atoms with Gasteiger partial charge in [0.05, 0.1) is 13.0 Å². The van der Waals surface area contributed by atoms with Gasteiger partial charge >= 0.3 is 0 Å². The van der Waals surface area contributed by atoms with Gasteiger partial charge in [-0.25, -0.2) is 4.98 Å². The second kappa shape index (κ2) is 7.64. The van der Waals surface area contributed by atoms with Crippen molar-refractivity contribution in [3.63, 3.8) is 0 Å². The number of aromatic nitrogens is 5. The Hall–Kier alpha value is -2.54. The van der Waals surface area contributed by atoms with Crippen LogP contribution in [0.2, 0.25) is 0 Å². The van der Waals surface area contributed by atoms with E-state index in [9.17, 15) is 0 Å². The molecule has 0 radical (unpaired) electrons. The predicted molar refractivity (Wildman–Crippen MR) is 82.6 cm³/mol. The molecule has 0 bridgehead atoms. The highest BCUT2D eigenvalue weighted by atomic mass is 16.5. The van der Waals surface area contributed by atoms with Crippen LogP contribution < -0.4 is 0 Å². The Labute approximate surface area is 134 Å². The summed E-state index contributed by atoms with van der Waals surface area (Å²) in [5, 5.41) is 10.8. The minimum Gasteiger partial charge on any atom is -0.377 e. The highest BCUT2D eigenvalue weighted by Gasteiger charge is 2.09. The molecule has 0 aliphatic carbocycles. The molecule has 23 heavy (non-hydrogen) atoms.